The highest BCUT2D eigenvalue weighted by Gasteiger charge is 2.21. The zero-order valence-corrected chi connectivity index (χ0v) is 25.2. The lowest BCUT2D eigenvalue weighted by atomic mass is 10.0. The first-order valence-electron chi connectivity index (χ1n) is 12.3. The number of ether oxygens (including phenoxy) is 2. The van der Waals surface area contributed by atoms with Crippen LogP contribution >= 0.6 is 46.3 Å². The minimum Gasteiger partial charge on any atom is -0.497 e. The van der Waals surface area contributed by atoms with Gasteiger partial charge in [0.1, 0.15) is 22.9 Å². The lowest BCUT2D eigenvalue weighted by molar-refractivity contribution is -0.115. The Labute approximate surface area is 255 Å². The fourth-order valence-electron chi connectivity index (χ4n) is 3.79. The van der Waals surface area contributed by atoms with E-state index < -0.39 is 5.25 Å². The number of anilines is 1. The Morgan fingerprint density at radius 1 is 0.829 bits per heavy atom. The molecule has 0 fully saturated rings. The number of carbonyl (C=O) groups excluding carboxylic acids is 1. The van der Waals surface area contributed by atoms with E-state index in [9.17, 15) is 4.79 Å². The summed E-state index contributed by atoms with van der Waals surface area (Å²) in [4.78, 5) is 22.4. The molecule has 0 aliphatic heterocycles. The molecule has 208 valence electrons. The first-order chi connectivity index (χ1) is 19.8. The van der Waals surface area contributed by atoms with Crippen LogP contribution in [0.15, 0.2) is 77.3 Å². The van der Waals surface area contributed by atoms with E-state index in [1.54, 1.807) is 33.3 Å². The average molecular weight is 625 g/mol. The van der Waals surface area contributed by atoms with Crippen LogP contribution < -0.4 is 14.8 Å². The summed E-state index contributed by atoms with van der Waals surface area (Å²) in [6, 6.07) is 20.3. The highest BCUT2D eigenvalue weighted by atomic mass is 35.5. The highest BCUT2D eigenvalue weighted by molar-refractivity contribution is 8.00. The maximum Gasteiger partial charge on any atom is 0.239 e. The van der Waals surface area contributed by atoms with Gasteiger partial charge >= 0.3 is 0 Å². The molecule has 2 heterocycles. The summed E-state index contributed by atoms with van der Waals surface area (Å²) in [5.74, 6) is 1.22. The van der Waals surface area contributed by atoms with Gasteiger partial charge in [0.2, 0.25) is 11.1 Å². The van der Waals surface area contributed by atoms with Crippen molar-refractivity contribution in [1.29, 1.82) is 0 Å². The molecular weight excluding hydrogens is 601 g/mol. The van der Waals surface area contributed by atoms with Gasteiger partial charge in [-0.15, -0.1) is 21.5 Å². The van der Waals surface area contributed by atoms with Crippen LogP contribution in [-0.2, 0) is 4.79 Å². The summed E-state index contributed by atoms with van der Waals surface area (Å²) in [7, 11) is 3.23. The minimum absolute atomic E-state index is 0.237. The van der Waals surface area contributed by atoms with Gasteiger partial charge in [0.15, 0.2) is 5.13 Å². The lowest BCUT2D eigenvalue weighted by Gasteiger charge is -2.13. The van der Waals surface area contributed by atoms with E-state index in [4.69, 9.17) is 37.7 Å². The number of halogens is 2. The summed E-state index contributed by atoms with van der Waals surface area (Å²) in [6.45, 7) is 1.78. The zero-order chi connectivity index (χ0) is 28.9. The van der Waals surface area contributed by atoms with Crippen molar-refractivity contribution in [2.75, 3.05) is 19.5 Å². The van der Waals surface area contributed by atoms with Crippen molar-refractivity contribution in [3.05, 3.63) is 82.2 Å². The van der Waals surface area contributed by atoms with Crippen molar-refractivity contribution in [3.8, 4) is 45.3 Å². The molecule has 0 saturated carbocycles. The van der Waals surface area contributed by atoms with Gasteiger partial charge in [-0.3, -0.25) is 4.79 Å². The van der Waals surface area contributed by atoms with E-state index in [-0.39, 0.29) is 5.91 Å². The molecule has 1 atom stereocenters. The van der Waals surface area contributed by atoms with Crippen molar-refractivity contribution in [1.82, 2.24) is 20.2 Å². The fraction of sp³-hybridized carbons (Fsp3) is 0.138. The van der Waals surface area contributed by atoms with Crippen LogP contribution in [0.5, 0.6) is 11.5 Å². The maximum atomic E-state index is 13.0. The predicted molar refractivity (Wildman–Crippen MR) is 165 cm³/mol. The second-order valence-electron chi connectivity index (χ2n) is 8.66. The molecule has 3 aromatic carbocycles. The first kappa shape index (κ1) is 28.8. The van der Waals surface area contributed by atoms with Crippen LogP contribution in [0.2, 0.25) is 10.0 Å². The molecular formula is C29H23Cl2N5O3S2. The number of nitrogens with zero attached hydrogens (tertiary/aromatic N) is 4. The number of methoxy groups -OCH3 is 2. The molecule has 0 saturated heterocycles. The summed E-state index contributed by atoms with van der Waals surface area (Å²) in [5, 5.41) is 14.8. The number of benzene rings is 3. The molecule has 41 heavy (non-hydrogen) atoms. The quantitative estimate of drug-likeness (QED) is 0.166. The average Bonchev–Trinajstić information content (AvgIpc) is 3.47. The molecule has 5 rings (SSSR count). The smallest absolute Gasteiger partial charge is 0.239 e. The Morgan fingerprint density at radius 2 is 1.44 bits per heavy atom. The normalized spacial score (nSPS) is 11.6. The van der Waals surface area contributed by atoms with Gasteiger partial charge < -0.3 is 14.8 Å². The van der Waals surface area contributed by atoms with E-state index in [0.29, 0.717) is 37.4 Å². The summed E-state index contributed by atoms with van der Waals surface area (Å²) in [6.07, 6.45) is 0. The van der Waals surface area contributed by atoms with E-state index in [0.717, 1.165) is 28.2 Å². The topological polar surface area (TPSA) is 99.1 Å². The molecule has 1 N–H and O–H groups in total. The Kier molecular flexibility index (Phi) is 9.04. The summed E-state index contributed by atoms with van der Waals surface area (Å²) >= 11 is 14.7. The number of thiazole rings is 1. The molecule has 0 radical (unpaired) electrons. The standard InChI is InChI=1S/C29H23Cl2N5O3S2/c1-16(27(37)34-28-32-24(15-40-28)19-8-13-22(30)23(31)14-19)41-29-33-25(17-4-9-20(38-2)10-5-17)26(35-36-29)18-6-11-21(39-3)12-7-18/h4-16H,1-3H3,(H,32,34,37). The third-order valence-corrected chi connectivity index (χ3v) is 8.44. The molecule has 0 aliphatic carbocycles. The molecule has 0 spiro atoms. The molecule has 8 nitrogen and oxygen atoms in total. The molecule has 1 unspecified atom stereocenters. The third-order valence-electron chi connectivity index (χ3n) is 6.00. The Hall–Kier alpha value is -3.70. The van der Waals surface area contributed by atoms with Crippen molar-refractivity contribution in [2.45, 2.75) is 17.3 Å². The molecule has 1 amide bonds. The molecule has 5 aromatic rings. The van der Waals surface area contributed by atoms with Crippen molar-refractivity contribution in [2.24, 2.45) is 0 Å². The van der Waals surface area contributed by atoms with Crippen LogP contribution in [0.25, 0.3) is 33.8 Å². The van der Waals surface area contributed by atoms with Crippen molar-refractivity contribution in [3.63, 3.8) is 0 Å². The lowest BCUT2D eigenvalue weighted by Crippen LogP contribution is -2.22. The van der Waals surface area contributed by atoms with E-state index in [1.165, 1.54) is 23.1 Å². The second kappa shape index (κ2) is 12.9. The largest absolute Gasteiger partial charge is 0.497 e. The van der Waals surface area contributed by atoms with Crippen LogP contribution in [0, 0.1) is 0 Å². The number of thioether (sulfide) groups is 1. The van der Waals surface area contributed by atoms with Gasteiger partial charge in [0.05, 0.1) is 35.2 Å². The zero-order valence-electron chi connectivity index (χ0n) is 22.1. The van der Waals surface area contributed by atoms with Crippen LogP contribution in [-0.4, -0.2) is 45.5 Å². The van der Waals surface area contributed by atoms with E-state index in [2.05, 4.69) is 20.5 Å². The van der Waals surface area contributed by atoms with Crippen molar-refractivity contribution >= 4 is 57.3 Å². The monoisotopic (exact) mass is 623 g/mol. The number of amides is 1. The van der Waals surface area contributed by atoms with Crippen LogP contribution in [0.3, 0.4) is 0 Å². The fourth-order valence-corrected chi connectivity index (χ4v) is 5.53. The number of hydrogen-bond donors (Lipinski definition) is 1. The number of rotatable bonds is 9. The second-order valence-corrected chi connectivity index (χ2v) is 11.6. The van der Waals surface area contributed by atoms with Crippen LogP contribution in [0.1, 0.15) is 6.92 Å². The Bertz CT molecular complexity index is 1680. The third kappa shape index (κ3) is 6.79. The van der Waals surface area contributed by atoms with Crippen LogP contribution in [0.4, 0.5) is 5.13 Å². The Balaban J connectivity index is 1.35. The SMILES string of the molecule is COc1ccc(-c2nnc(SC(C)C(=O)Nc3nc(-c4ccc(Cl)c(Cl)c4)cs3)nc2-c2ccc(OC)cc2)cc1. The van der Waals surface area contributed by atoms with E-state index in [1.807, 2.05) is 60.0 Å². The highest BCUT2D eigenvalue weighted by Crippen LogP contribution is 2.34. The number of hydrogen-bond acceptors (Lipinski definition) is 9. The van der Waals surface area contributed by atoms with Gasteiger partial charge in [-0.2, -0.15) is 0 Å². The van der Waals surface area contributed by atoms with Gasteiger partial charge in [-0.05, 0) is 67.6 Å². The minimum atomic E-state index is -0.523. The number of carbonyl (C=O) groups is 1. The predicted octanol–water partition coefficient (Wildman–Crippen LogP) is 7.77. The van der Waals surface area contributed by atoms with Gasteiger partial charge in [0.25, 0.3) is 0 Å². The molecule has 0 aliphatic rings. The number of aromatic nitrogens is 4. The van der Waals surface area contributed by atoms with E-state index >= 15 is 0 Å². The summed E-state index contributed by atoms with van der Waals surface area (Å²) < 4.78 is 10.6. The van der Waals surface area contributed by atoms with Crippen molar-refractivity contribution < 1.29 is 14.3 Å². The van der Waals surface area contributed by atoms with Gasteiger partial charge in [-0.25, -0.2) is 9.97 Å². The maximum absolute atomic E-state index is 13.0. The molecule has 2 aromatic heterocycles. The summed E-state index contributed by atoms with van der Waals surface area (Å²) in [5.41, 5.74) is 4.41. The van der Waals surface area contributed by atoms with Gasteiger partial charge in [0, 0.05) is 22.1 Å². The van der Waals surface area contributed by atoms with Gasteiger partial charge in [-0.1, -0.05) is 41.0 Å². The molecule has 12 heteroatoms. The first-order valence-corrected chi connectivity index (χ1v) is 14.8. The Morgan fingerprint density at radius 3 is 2.05 bits per heavy atom. The molecule has 0 bridgehead atoms. The number of nitrogens with one attached hydrogen (secondary N) is 1.